The molecule has 3 amide bonds. The molecule has 1 aliphatic heterocycles. The first-order valence-electron chi connectivity index (χ1n) is 13.9. The SMILES string of the molecule is COc1c(Cl)cc(Cl)cc1C(=O)N(CCCN1C(=O)c2cccc3cccc(c23)C1=O)c1ccc(Oc2ccccc2)cc1. The van der Waals surface area contributed by atoms with E-state index in [1.165, 1.54) is 24.1 Å². The Bertz CT molecular complexity index is 1840. The van der Waals surface area contributed by atoms with E-state index in [2.05, 4.69) is 0 Å². The van der Waals surface area contributed by atoms with E-state index in [4.69, 9.17) is 32.7 Å². The Labute approximate surface area is 264 Å². The van der Waals surface area contributed by atoms with E-state index < -0.39 is 5.91 Å². The van der Waals surface area contributed by atoms with Crippen molar-refractivity contribution in [2.24, 2.45) is 0 Å². The van der Waals surface area contributed by atoms with Crippen LogP contribution >= 0.6 is 23.2 Å². The number of carbonyl (C=O) groups excluding carboxylic acids is 3. The molecule has 5 aromatic carbocycles. The molecule has 0 spiro atoms. The summed E-state index contributed by atoms with van der Waals surface area (Å²) in [6.07, 6.45) is 0.306. The molecular formula is C35H26Cl2N2O5. The van der Waals surface area contributed by atoms with Crippen LogP contribution in [-0.2, 0) is 0 Å². The topological polar surface area (TPSA) is 76.2 Å². The molecule has 44 heavy (non-hydrogen) atoms. The number of halogens is 2. The van der Waals surface area contributed by atoms with Crippen LogP contribution in [0, 0.1) is 0 Å². The summed E-state index contributed by atoms with van der Waals surface area (Å²) in [5, 5.41) is 1.99. The molecule has 6 rings (SSSR count). The van der Waals surface area contributed by atoms with Crippen LogP contribution in [0.15, 0.2) is 103 Å². The van der Waals surface area contributed by atoms with E-state index >= 15 is 0 Å². The van der Waals surface area contributed by atoms with E-state index in [-0.39, 0.29) is 46.3 Å². The monoisotopic (exact) mass is 624 g/mol. The lowest BCUT2D eigenvalue weighted by molar-refractivity contribution is 0.0610. The Morgan fingerprint density at radius 2 is 1.43 bits per heavy atom. The third-order valence-electron chi connectivity index (χ3n) is 7.43. The van der Waals surface area contributed by atoms with E-state index in [9.17, 15) is 14.4 Å². The second kappa shape index (κ2) is 12.4. The summed E-state index contributed by atoms with van der Waals surface area (Å²) in [5.74, 6) is 0.342. The highest BCUT2D eigenvalue weighted by Crippen LogP contribution is 2.35. The van der Waals surface area contributed by atoms with Crippen molar-refractivity contribution in [3.05, 3.63) is 130 Å². The zero-order valence-corrected chi connectivity index (χ0v) is 25.1. The molecule has 0 atom stereocenters. The van der Waals surface area contributed by atoms with Crippen LogP contribution in [0.5, 0.6) is 17.2 Å². The maximum Gasteiger partial charge on any atom is 0.262 e. The van der Waals surface area contributed by atoms with Gasteiger partial charge in [0.05, 0.1) is 17.7 Å². The van der Waals surface area contributed by atoms with Crippen molar-refractivity contribution in [3.8, 4) is 17.2 Å². The van der Waals surface area contributed by atoms with Gasteiger partial charge in [-0.3, -0.25) is 19.3 Å². The van der Waals surface area contributed by atoms with Crippen LogP contribution in [0.25, 0.3) is 10.8 Å². The molecule has 0 N–H and O–H groups in total. The summed E-state index contributed by atoms with van der Waals surface area (Å²) in [6.45, 7) is 0.280. The van der Waals surface area contributed by atoms with Gasteiger partial charge in [0.15, 0.2) is 0 Å². The van der Waals surface area contributed by atoms with Gasteiger partial charge in [-0.1, -0.05) is 65.7 Å². The molecule has 9 heteroatoms. The first-order valence-corrected chi connectivity index (χ1v) is 14.7. The molecule has 0 saturated heterocycles. The van der Waals surface area contributed by atoms with Crippen LogP contribution in [0.3, 0.4) is 0 Å². The average Bonchev–Trinajstić information content (AvgIpc) is 3.03. The van der Waals surface area contributed by atoms with Crippen molar-refractivity contribution in [1.82, 2.24) is 4.90 Å². The molecule has 220 valence electrons. The minimum atomic E-state index is -0.408. The Balaban J connectivity index is 1.27. The first-order chi connectivity index (χ1) is 21.4. The Morgan fingerprint density at radius 3 is 2.07 bits per heavy atom. The molecule has 0 unspecified atom stereocenters. The molecule has 5 aromatic rings. The normalized spacial score (nSPS) is 12.4. The maximum atomic E-state index is 14.1. The third kappa shape index (κ3) is 5.60. The van der Waals surface area contributed by atoms with Gasteiger partial charge >= 0.3 is 0 Å². The summed E-state index contributed by atoms with van der Waals surface area (Å²) in [7, 11) is 1.43. The number of hydrogen-bond donors (Lipinski definition) is 0. The number of methoxy groups -OCH3 is 1. The zero-order chi connectivity index (χ0) is 30.8. The number of anilines is 1. The molecule has 0 saturated carbocycles. The summed E-state index contributed by atoms with van der Waals surface area (Å²) in [5.41, 5.74) is 1.72. The molecule has 7 nitrogen and oxygen atoms in total. The van der Waals surface area contributed by atoms with Gasteiger partial charge < -0.3 is 14.4 Å². The number of hydrogen-bond acceptors (Lipinski definition) is 5. The number of nitrogens with zero attached hydrogens (tertiary/aromatic N) is 2. The number of benzene rings is 5. The summed E-state index contributed by atoms with van der Waals surface area (Å²) in [4.78, 5) is 43.7. The third-order valence-corrected chi connectivity index (χ3v) is 7.93. The maximum absolute atomic E-state index is 14.1. The van der Waals surface area contributed by atoms with Crippen molar-refractivity contribution < 1.29 is 23.9 Å². The van der Waals surface area contributed by atoms with Crippen LogP contribution in [0.4, 0.5) is 5.69 Å². The highest BCUT2D eigenvalue weighted by molar-refractivity contribution is 6.36. The molecule has 0 fully saturated rings. The fraction of sp³-hybridized carbons (Fsp3) is 0.114. The Morgan fingerprint density at radius 1 is 0.795 bits per heavy atom. The quantitative estimate of drug-likeness (QED) is 0.154. The van der Waals surface area contributed by atoms with Crippen LogP contribution in [0.2, 0.25) is 10.0 Å². The van der Waals surface area contributed by atoms with Crippen molar-refractivity contribution in [2.75, 3.05) is 25.1 Å². The predicted octanol–water partition coefficient (Wildman–Crippen LogP) is 8.28. The average molecular weight is 626 g/mol. The van der Waals surface area contributed by atoms with E-state index in [1.807, 2.05) is 54.6 Å². The van der Waals surface area contributed by atoms with Crippen molar-refractivity contribution in [2.45, 2.75) is 6.42 Å². The standard InChI is InChI=1S/C35H26Cl2N2O5/c1-43-32-29(20-23(36)21-30(32)37)35(42)38(24-14-16-26(17-15-24)44-25-10-3-2-4-11-25)18-7-19-39-33(40)27-12-5-8-22-9-6-13-28(31(22)27)34(39)41/h2-6,8-17,20-21H,7,18-19H2,1H3. The second-order valence-electron chi connectivity index (χ2n) is 10.2. The van der Waals surface area contributed by atoms with E-state index in [0.717, 1.165) is 5.39 Å². The lowest BCUT2D eigenvalue weighted by Gasteiger charge is -2.29. The number of carbonyl (C=O) groups is 3. The molecule has 1 heterocycles. The summed E-state index contributed by atoms with van der Waals surface area (Å²) < 4.78 is 11.4. The molecule has 1 aliphatic rings. The molecule has 0 radical (unpaired) electrons. The number of amides is 3. The molecule has 0 aromatic heterocycles. The smallest absolute Gasteiger partial charge is 0.262 e. The first kappa shape index (κ1) is 29.2. The predicted molar refractivity (Wildman–Crippen MR) is 172 cm³/mol. The minimum Gasteiger partial charge on any atom is -0.494 e. The van der Waals surface area contributed by atoms with Gasteiger partial charge in [0.25, 0.3) is 17.7 Å². The minimum absolute atomic E-state index is 0.106. The van der Waals surface area contributed by atoms with Crippen molar-refractivity contribution in [1.29, 1.82) is 0 Å². The highest BCUT2D eigenvalue weighted by atomic mass is 35.5. The largest absolute Gasteiger partial charge is 0.494 e. The zero-order valence-electron chi connectivity index (χ0n) is 23.6. The number of ether oxygens (including phenoxy) is 2. The summed E-state index contributed by atoms with van der Waals surface area (Å²) >= 11 is 12.6. The van der Waals surface area contributed by atoms with Gasteiger partial charge in [0.2, 0.25) is 0 Å². The van der Waals surface area contributed by atoms with Gasteiger partial charge in [0, 0.05) is 40.3 Å². The van der Waals surface area contributed by atoms with Crippen molar-refractivity contribution in [3.63, 3.8) is 0 Å². The van der Waals surface area contributed by atoms with Crippen LogP contribution < -0.4 is 14.4 Å². The van der Waals surface area contributed by atoms with Crippen LogP contribution in [-0.4, -0.2) is 42.8 Å². The number of para-hydroxylation sites is 1. The lowest BCUT2D eigenvalue weighted by atomic mass is 9.94. The Hall–Kier alpha value is -4.85. The lowest BCUT2D eigenvalue weighted by Crippen LogP contribution is -2.42. The van der Waals surface area contributed by atoms with E-state index in [0.29, 0.717) is 40.1 Å². The fourth-order valence-electron chi connectivity index (χ4n) is 5.41. The van der Waals surface area contributed by atoms with Gasteiger partial charge in [-0.05, 0) is 72.5 Å². The van der Waals surface area contributed by atoms with Crippen LogP contribution in [0.1, 0.15) is 37.5 Å². The number of rotatable bonds is 9. The summed E-state index contributed by atoms with van der Waals surface area (Å²) in [6, 6.07) is 30.3. The van der Waals surface area contributed by atoms with Gasteiger partial charge in [-0.25, -0.2) is 0 Å². The number of imide groups is 1. The molecule has 0 aliphatic carbocycles. The van der Waals surface area contributed by atoms with E-state index in [1.54, 1.807) is 41.3 Å². The van der Waals surface area contributed by atoms with Gasteiger partial charge in [-0.15, -0.1) is 0 Å². The highest BCUT2D eigenvalue weighted by Gasteiger charge is 2.33. The van der Waals surface area contributed by atoms with Gasteiger partial charge in [0.1, 0.15) is 17.2 Å². The van der Waals surface area contributed by atoms with Crippen molar-refractivity contribution >= 4 is 57.4 Å². The Kier molecular flexibility index (Phi) is 8.24. The molecule has 0 bridgehead atoms. The second-order valence-corrected chi connectivity index (χ2v) is 11.0. The fourth-order valence-corrected chi connectivity index (χ4v) is 5.98. The van der Waals surface area contributed by atoms with Gasteiger partial charge in [-0.2, -0.15) is 0 Å². The molecular weight excluding hydrogens is 599 g/mol.